The molecular formula is C23H28N4O4. The SMILES string of the molecule is CCN(CC(=O)Nc1ccc(N2CCCC2=O)cc1)CC(=O)Nc1cccc(OC)c1. The Hall–Kier alpha value is -3.39. The molecule has 1 aliphatic rings. The summed E-state index contributed by atoms with van der Waals surface area (Å²) in [7, 11) is 1.57. The van der Waals surface area contributed by atoms with Crippen LogP contribution < -0.4 is 20.3 Å². The molecule has 0 saturated carbocycles. The van der Waals surface area contributed by atoms with Crippen molar-refractivity contribution in [2.45, 2.75) is 19.8 Å². The van der Waals surface area contributed by atoms with Gasteiger partial charge in [0.15, 0.2) is 0 Å². The van der Waals surface area contributed by atoms with Gasteiger partial charge in [0.1, 0.15) is 5.75 Å². The molecule has 0 atom stereocenters. The fourth-order valence-electron chi connectivity index (χ4n) is 3.43. The Bertz CT molecular complexity index is 929. The smallest absolute Gasteiger partial charge is 0.238 e. The molecule has 164 valence electrons. The molecule has 8 nitrogen and oxygen atoms in total. The molecule has 0 spiro atoms. The molecule has 3 rings (SSSR count). The molecule has 1 aliphatic heterocycles. The van der Waals surface area contributed by atoms with Crippen molar-refractivity contribution in [3.63, 3.8) is 0 Å². The van der Waals surface area contributed by atoms with Crippen molar-refractivity contribution in [2.24, 2.45) is 0 Å². The van der Waals surface area contributed by atoms with Crippen molar-refractivity contribution in [3.8, 4) is 5.75 Å². The number of hydrogen-bond acceptors (Lipinski definition) is 5. The van der Waals surface area contributed by atoms with E-state index >= 15 is 0 Å². The Kier molecular flexibility index (Phi) is 7.61. The molecule has 31 heavy (non-hydrogen) atoms. The summed E-state index contributed by atoms with van der Waals surface area (Å²) in [5, 5.41) is 5.66. The lowest BCUT2D eigenvalue weighted by molar-refractivity contribution is -0.120. The molecule has 8 heteroatoms. The van der Waals surface area contributed by atoms with Gasteiger partial charge in [0.05, 0.1) is 20.2 Å². The number of carbonyl (C=O) groups excluding carboxylic acids is 3. The second-order valence-electron chi connectivity index (χ2n) is 7.33. The van der Waals surface area contributed by atoms with Gasteiger partial charge in [0, 0.05) is 36.1 Å². The van der Waals surface area contributed by atoms with Gasteiger partial charge >= 0.3 is 0 Å². The summed E-state index contributed by atoms with van der Waals surface area (Å²) in [6.07, 6.45) is 1.45. The minimum absolute atomic E-state index is 0.0917. The molecule has 3 amide bonds. The van der Waals surface area contributed by atoms with Gasteiger partial charge in [-0.25, -0.2) is 0 Å². The van der Waals surface area contributed by atoms with E-state index in [1.165, 1.54) is 0 Å². The first-order valence-corrected chi connectivity index (χ1v) is 10.3. The summed E-state index contributed by atoms with van der Waals surface area (Å²) in [5.74, 6) is 0.371. The fourth-order valence-corrected chi connectivity index (χ4v) is 3.43. The van der Waals surface area contributed by atoms with Gasteiger partial charge in [-0.3, -0.25) is 19.3 Å². The van der Waals surface area contributed by atoms with E-state index in [9.17, 15) is 14.4 Å². The number of anilines is 3. The summed E-state index contributed by atoms with van der Waals surface area (Å²) in [5.41, 5.74) is 2.13. The lowest BCUT2D eigenvalue weighted by atomic mass is 10.2. The zero-order valence-corrected chi connectivity index (χ0v) is 17.9. The van der Waals surface area contributed by atoms with Crippen LogP contribution in [0.15, 0.2) is 48.5 Å². The van der Waals surface area contributed by atoms with Crippen LogP contribution in [0.5, 0.6) is 5.75 Å². The highest BCUT2D eigenvalue weighted by molar-refractivity contribution is 5.97. The third kappa shape index (κ3) is 6.29. The lowest BCUT2D eigenvalue weighted by Gasteiger charge is -2.20. The van der Waals surface area contributed by atoms with Crippen LogP contribution in [0.3, 0.4) is 0 Å². The molecule has 0 aromatic heterocycles. The number of carbonyl (C=O) groups is 3. The van der Waals surface area contributed by atoms with Crippen LogP contribution in [0.25, 0.3) is 0 Å². The molecule has 2 N–H and O–H groups in total. The van der Waals surface area contributed by atoms with Crippen molar-refractivity contribution < 1.29 is 19.1 Å². The number of nitrogens with zero attached hydrogens (tertiary/aromatic N) is 2. The predicted octanol–water partition coefficient (Wildman–Crippen LogP) is 2.72. The first-order chi connectivity index (χ1) is 15.0. The molecule has 1 fully saturated rings. The zero-order valence-electron chi connectivity index (χ0n) is 17.9. The number of amides is 3. The Balaban J connectivity index is 1.49. The van der Waals surface area contributed by atoms with Crippen LogP contribution in [-0.2, 0) is 14.4 Å². The highest BCUT2D eigenvalue weighted by atomic mass is 16.5. The number of nitrogens with one attached hydrogen (secondary N) is 2. The molecule has 0 bridgehead atoms. The quantitative estimate of drug-likeness (QED) is 0.646. The number of benzene rings is 2. The molecule has 1 saturated heterocycles. The minimum Gasteiger partial charge on any atom is -0.497 e. The average Bonchev–Trinajstić information content (AvgIpc) is 3.19. The zero-order chi connectivity index (χ0) is 22.2. The van der Waals surface area contributed by atoms with Crippen LogP contribution in [-0.4, -0.2) is 55.9 Å². The van der Waals surface area contributed by atoms with E-state index in [0.717, 1.165) is 18.7 Å². The highest BCUT2D eigenvalue weighted by Gasteiger charge is 2.21. The van der Waals surface area contributed by atoms with Crippen molar-refractivity contribution in [3.05, 3.63) is 48.5 Å². The molecule has 0 radical (unpaired) electrons. The highest BCUT2D eigenvalue weighted by Crippen LogP contribution is 2.23. The number of methoxy groups -OCH3 is 1. The topological polar surface area (TPSA) is 91.0 Å². The van der Waals surface area contributed by atoms with E-state index in [1.807, 2.05) is 19.1 Å². The maximum Gasteiger partial charge on any atom is 0.238 e. The van der Waals surface area contributed by atoms with Gasteiger partial charge < -0.3 is 20.3 Å². The summed E-state index contributed by atoms with van der Waals surface area (Å²) in [6.45, 7) is 3.36. The summed E-state index contributed by atoms with van der Waals surface area (Å²) in [4.78, 5) is 40.1. The lowest BCUT2D eigenvalue weighted by Crippen LogP contribution is -2.38. The molecule has 1 heterocycles. The summed E-state index contributed by atoms with van der Waals surface area (Å²) < 4.78 is 5.16. The van der Waals surface area contributed by atoms with Crippen molar-refractivity contribution >= 4 is 34.8 Å². The van der Waals surface area contributed by atoms with Gasteiger partial charge in [0.25, 0.3) is 0 Å². The largest absolute Gasteiger partial charge is 0.497 e. The maximum atomic E-state index is 12.4. The Morgan fingerprint density at radius 2 is 1.71 bits per heavy atom. The van der Waals surface area contributed by atoms with E-state index in [4.69, 9.17) is 4.74 Å². The van der Waals surface area contributed by atoms with E-state index in [1.54, 1.807) is 53.3 Å². The van der Waals surface area contributed by atoms with E-state index in [-0.39, 0.29) is 30.8 Å². The second-order valence-corrected chi connectivity index (χ2v) is 7.33. The summed E-state index contributed by atoms with van der Waals surface area (Å²) >= 11 is 0. The van der Waals surface area contributed by atoms with E-state index < -0.39 is 0 Å². The fraction of sp³-hybridized carbons (Fsp3) is 0.348. The number of rotatable bonds is 9. The summed E-state index contributed by atoms with van der Waals surface area (Å²) in [6, 6.07) is 14.3. The Morgan fingerprint density at radius 1 is 1.03 bits per heavy atom. The number of likely N-dealkylation sites (N-methyl/N-ethyl adjacent to an activating group) is 1. The first-order valence-electron chi connectivity index (χ1n) is 10.3. The number of ether oxygens (including phenoxy) is 1. The van der Waals surface area contributed by atoms with Crippen molar-refractivity contribution in [1.82, 2.24) is 4.90 Å². The second kappa shape index (κ2) is 10.6. The normalized spacial score (nSPS) is 13.4. The van der Waals surface area contributed by atoms with Gasteiger partial charge in [-0.15, -0.1) is 0 Å². The number of hydrogen-bond donors (Lipinski definition) is 2. The first kappa shape index (κ1) is 22.3. The van der Waals surface area contributed by atoms with Crippen LogP contribution in [0, 0.1) is 0 Å². The minimum atomic E-state index is -0.207. The van der Waals surface area contributed by atoms with Crippen LogP contribution in [0.2, 0.25) is 0 Å². The van der Waals surface area contributed by atoms with E-state index in [2.05, 4.69) is 10.6 Å². The molecule has 0 unspecified atom stereocenters. The van der Waals surface area contributed by atoms with Crippen LogP contribution in [0.4, 0.5) is 17.1 Å². The van der Waals surface area contributed by atoms with Gasteiger partial charge in [-0.1, -0.05) is 13.0 Å². The van der Waals surface area contributed by atoms with Gasteiger partial charge in [-0.2, -0.15) is 0 Å². The third-order valence-corrected chi connectivity index (χ3v) is 5.07. The average molecular weight is 425 g/mol. The third-order valence-electron chi connectivity index (χ3n) is 5.07. The molecule has 2 aromatic carbocycles. The van der Waals surface area contributed by atoms with E-state index in [0.29, 0.717) is 30.1 Å². The molecular weight excluding hydrogens is 396 g/mol. The van der Waals surface area contributed by atoms with Crippen LogP contribution >= 0.6 is 0 Å². The predicted molar refractivity (Wildman–Crippen MR) is 120 cm³/mol. The van der Waals surface area contributed by atoms with Crippen LogP contribution in [0.1, 0.15) is 19.8 Å². The van der Waals surface area contributed by atoms with Gasteiger partial charge in [0.2, 0.25) is 17.7 Å². The van der Waals surface area contributed by atoms with Crippen molar-refractivity contribution in [2.75, 3.05) is 48.8 Å². The Labute approximate surface area is 182 Å². The monoisotopic (exact) mass is 424 g/mol. The Morgan fingerprint density at radius 3 is 2.29 bits per heavy atom. The maximum absolute atomic E-state index is 12.4. The molecule has 2 aromatic rings. The van der Waals surface area contributed by atoms with Gasteiger partial charge in [-0.05, 0) is 49.4 Å². The molecule has 0 aliphatic carbocycles. The standard InChI is InChI=1S/C23H28N4O4/c1-3-26(16-22(29)25-18-6-4-7-20(14-18)31-2)15-21(28)24-17-9-11-19(12-10-17)27-13-5-8-23(27)30/h4,6-7,9-12,14H,3,5,8,13,15-16H2,1-2H3,(H,24,28)(H,25,29). The van der Waals surface area contributed by atoms with Crippen molar-refractivity contribution in [1.29, 1.82) is 0 Å².